The second kappa shape index (κ2) is 5.34. The third kappa shape index (κ3) is 2.48. The maximum atomic E-state index is 6.25. The lowest BCUT2D eigenvalue weighted by Gasteiger charge is -2.19. The highest BCUT2D eigenvalue weighted by molar-refractivity contribution is 6.35. The van der Waals surface area contributed by atoms with E-state index < -0.39 is 0 Å². The van der Waals surface area contributed by atoms with Crippen molar-refractivity contribution in [2.75, 3.05) is 0 Å². The molecule has 1 aromatic carbocycles. The lowest BCUT2D eigenvalue weighted by molar-refractivity contribution is 0.429. The topological polar surface area (TPSA) is 17.8 Å². The average molecular weight is 297 g/mol. The molecule has 2 aromatic rings. The Balaban J connectivity index is 2.10. The van der Waals surface area contributed by atoms with E-state index in [0.29, 0.717) is 16.9 Å². The first-order valence-corrected chi connectivity index (χ1v) is 7.87. The van der Waals surface area contributed by atoms with Gasteiger partial charge in [0.1, 0.15) is 11.3 Å². The monoisotopic (exact) mass is 296 g/mol. The van der Waals surface area contributed by atoms with E-state index in [1.165, 1.54) is 19.3 Å². The van der Waals surface area contributed by atoms with Gasteiger partial charge in [0.2, 0.25) is 0 Å². The summed E-state index contributed by atoms with van der Waals surface area (Å²) >= 11 is 12.3. The highest BCUT2D eigenvalue weighted by atomic mass is 35.5. The molecule has 1 aromatic heterocycles. The fourth-order valence-corrected chi connectivity index (χ4v) is 3.23. The zero-order valence-electron chi connectivity index (χ0n) is 11.1. The third-order valence-electron chi connectivity index (χ3n) is 4.00. The summed E-state index contributed by atoms with van der Waals surface area (Å²) < 4.78 is 2.31. The summed E-state index contributed by atoms with van der Waals surface area (Å²) in [4.78, 5) is 4.63. The Morgan fingerprint density at radius 3 is 2.84 bits per heavy atom. The van der Waals surface area contributed by atoms with Crippen molar-refractivity contribution in [3.05, 3.63) is 29.0 Å². The molecule has 0 spiro atoms. The van der Waals surface area contributed by atoms with Crippen LogP contribution in [-0.4, -0.2) is 9.55 Å². The number of halogens is 2. The fraction of sp³-hybridized carbons (Fsp3) is 0.533. The molecule has 0 amide bonds. The molecular weight excluding hydrogens is 279 g/mol. The van der Waals surface area contributed by atoms with Crippen LogP contribution in [0, 0.1) is 5.92 Å². The number of aromatic nitrogens is 2. The summed E-state index contributed by atoms with van der Waals surface area (Å²) in [6, 6.07) is 6.47. The highest BCUT2D eigenvalue weighted by Crippen LogP contribution is 2.40. The van der Waals surface area contributed by atoms with Gasteiger partial charge in [-0.05, 0) is 30.9 Å². The normalized spacial score (nSPS) is 17.0. The Morgan fingerprint density at radius 2 is 2.21 bits per heavy atom. The summed E-state index contributed by atoms with van der Waals surface area (Å²) in [6.45, 7) is 2.24. The molecule has 1 aliphatic carbocycles. The predicted molar refractivity (Wildman–Crippen MR) is 81.0 cm³/mol. The van der Waals surface area contributed by atoms with Gasteiger partial charge in [0, 0.05) is 6.04 Å². The number of benzene rings is 1. The van der Waals surface area contributed by atoms with Gasteiger partial charge in [-0.2, -0.15) is 0 Å². The minimum absolute atomic E-state index is 0.437. The van der Waals surface area contributed by atoms with Crippen LogP contribution in [0.4, 0.5) is 0 Å². The smallest absolute Gasteiger partial charge is 0.125 e. The van der Waals surface area contributed by atoms with Gasteiger partial charge in [-0.15, -0.1) is 11.6 Å². The summed E-state index contributed by atoms with van der Waals surface area (Å²) in [6.07, 6.45) is 5.09. The summed E-state index contributed by atoms with van der Waals surface area (Å²) in [5, 5.41) is 0.712. The molecule has 3 rings (SSSR count). The Bertz CT molecular complexity index is 587. The van der Waals surface area contributed by atoms with Crippen molar-refractivity contribution >= 4 is 34.2 Å². The first kappa shape index (κ1) is 13.3. The third-order valence-corrected chi connectivity index (χ3v) is 4.55. The number of rotatable bonds is 5. The molecule has 4 heteroatoms. The Kier molecular flexibility index (Phi) is 3.72. The van der Waals surface area contributed by atoms with Crippen LogP contribution < -0.4 is 0 Å². The quantitative estimate of drug-likeness (QED) is 0.695. The predicted octanol–water partition coefficient (Wildman–Crippen LogP) is 5.18. The molecule has 1 saturated carbocycles. The van der Waals surface area contributed by atoms with Gasteiger partial charge >= 0.3 is 0 Å². The van der Waals surface area contributed by atoms with Crippen molar-refractivity contribution in [2.45, 2.75) is 44.5 Å². The Hall–Kier alpha value is -0.730. The molecule has 102 valence electrons. The fourth-order valence-electron chi connectivity index (χ4n) is 2.83. The highest BCUT2D eigenvalue weighted by Gasteiger charge is 2.27. The molecule has 1 fully saturated rings. The van der Waals surface area contributed by atoms with Gasteiger partial charge in [0.05, 0.1) is 16.4 Å². The molecule has 0 radical (unpaired) electrons. The number of hydrogen-bond acceptors (Lipinski definition) is 1. The Labute approximate surface area is 123 Å². The maximum absolute atomic E-state index is 6.25. The van der Waals surface area contributed by atoms with E-state index in [1.54, 1.807) is 0 Å². The van der Waals surface area contributed by atoms with E-state index in [9.17, 15) is 0 Å². The largest absolute Gasteiger partial charge is 0.324 e. The SMILES string of the molecule is CCC(CC1CC1)n1c(CCl)nc2c(Cl)cccc21. The van der Waals surface area contributed by atoms with Crippen molar-refractivity contribution < 1.29 is 0 Å². The lowest BCUT2D eigenvalue weighted by Crippen LogP contribution is -2.11. The van der Waals surface area contributed by atoms with Crippen LogP contribution in [0.25, 0.3) is 11.0 Å². The molecule has 1 heterocycles. The first-order valence-electron chi connectivity index (χ1n) is 6.95. The molecule has 0 saturated heterocycles. The van der Waals surface area contributed by atoms with Crippen LogP contribution in [0.15, 0.2) is 18.2 Å². The number of hydrogen-bond donors (Lipinski definition) is 0. The van der Waals surface area contributed by atoms with Crippen molar-refractivity contribution in [1.82, 2.24) is 9.55 Å². The van der Waals surface area contributed by atoms with Crippen molar-refractivity contribution in [3.8, 4) is 0 Å². The first-order chi connectivity index (χ1) is 9.24. The minimum atomic E-state index is 0.437. The lowest BCUT2D eigenvalue weighted by atomic mass is 10.1. The van der Waals surface area contributed by atoms with Crippen molar-refractivity contribution in [3.63, 3.8) is 0 Å². The summed E-state index contributed by atoms with van der Waals surface area (Å²) in [5.74, 6) is 2.27. The van der Waals surface area contributed by atoms with Crippen LogP contribution in [0.3, 0.4) is 0 Å². The van der Waals surface area contributed by atoms with Crippen LogP contribution in [-0.2, 0) is 5.88 Å². The second-order valence-electron chi connectivity index (χ2n) is 5.38. The number of nitrogens with zero attached hydrogens (tertiary/aromatic N) is 2. The molecule has 1 unspecified atom stereocenters. The van der Waals surface area contributed by atoms with E-state index in [0.717, 1.165) is 29.2 Å². The average Bonchev–Trinajstić information content (AvgIpc) is 3.15. The van der Waals surface area contributed by atoms with Gasteiger partial charge in [-0.1, -0.05) is 37.4 Å². The standard InChI is InChI=1S/C15H18Cl2N2/c1-2-11(8-10-6-7-10)19-13-5-3-4-12(17)15(13)18-14(19)9-16/h3-5,10-11H,2,6-9H2,1H3. The molecular formula is C15H18Cl2N2. The summed E-state index contributed by atoms with van der Waals surface area (Å²) in [5.41, 5.74) is 2.00. The molecule has 19 heavy (non-hydrogen) atoms. The van der Waals surface area contributed by atoms with Crippen LogP contribution in [0.2, 0.25) is 5.02 Å². The second-order valence-corrected chi connectivity index (χ2v) is 6.05. The zero-order valence-corrected chi connectivity index (χ0v) is 12.6. The number of alkyl halides is 1. The molecule has 0 bridgehead atoms. The number of fused-ring (bicyclic) bond motifs is 1. The molecule has 0 aliphatic heterocycles. The van der Waals surface area contributed by atoms with Crippen molar-refractivity contribution in [1.29, 1.82) is 0 Å². The van der Waals surface area contributed by atoms with E-state index in [4.69, 9.17) is 23.2 Å². The van der Waals surface area contributed by atoms with Gasteiger partial charge in [-0.3, -0.25) is 0 Å². The van der Waals surface area contributed by atoms with Gasteiger partial charge in [0.25, 0.3) is 0 Å². The maximum Gasteiger partial charge on any atom is 0.125 e. The number of para-hydroxylation sites is 1. The van der Waals surface area contributed by atoms with E-state index in [1.807, 2.05) is 12.1 Å². The summed E-state index contributed by atoms with van der Waals surface area (Å²) in [7, 11) is 0. The van der Waals surface area contributed by atoms with Crippen LogP contribution in [0.5, 0.6) is 0 Å². The van der Waals surface area contributed by atoms with E-state index in [2.05, 4.69) is 22.5 Å². The molecule has 0 N–H and O–H groups in total. The van der Waals surface area contributed by atoms with Gasteiger partial charge in [0.15, 0.2) is 0 Å². The molecule has 1 aliphatic rings. The van der Waals surface area contributed by atoms with Crippen LogP contribution >= 0.6 is 23.2 Å². The Morgan fingerprint density at radius 1 is 1.42 bits per heavy atom. The molecule has 1 atom stereocenters. The number of imidazole rings is 1. The van der Waals surface area contributed by atoms with Gasteiger partial charge < -0.3 is 4.57 Å². The van der Waals surface area contributed by atoms with E-state index in [-0.39, 0.29) is 0 Å². The minimum Gasteiger partial charge on any atom is -0.324 e. The van der Waals surface area contributed by atoms with E-state index >= 15 is 0 Å². The zero-order chi connectivity index (χ0) is 13.4. The molecule has 2 nitrogen and oxygen atoms in total. The van der Waals surface area contributed by atoms with Crippen molar-refractivity contribution in [2.24, 2.45) is 5.92 Å². The van der Waals surface area contributed by atoms with Gasteiger partial charge in [-0.25, -0.2) is 4.98 Å². The van der Waals surface area contributed by atoms with Crippen LogP contribution in [0.1, 0.15) is 44.5 Å².